The zero-order valence-corrected chi connectivity index (χ0v) is 13.9. The van der Waals surface area contributed by atoms with Crippen LogP contribution in [0.4, 0.5) is 0 Å². The number of nitrogens with zero attached hydrogens (tertiary/aromatic N) is 3. The fourth-order valence-corrected chi connectivity index (χ4v) is 5.35. The van der Waals surface area contributed by atoms with Crippen molar-refractivity contribution in [1.82, 2.24) is 14.9 Å². The first kappa shape index (κ1) is 14.1. The third-order valence-corrected chi connectivity index (χ3v) is 6.47. The summed E-state index contributed by atoms with van der Waals surface area (Å²) in [6.45, 7) is 7.04. The van der Waals surface area contributed by atoms with E-state index in [4.69, 9.17) is 9.72 Å². The molecule has 0 unspecified atom stereocenters. The minimum absolute atomic E-state index is 0.106. The Balaban J connectivity index is 1.36. The molecule has 0 N–H and O–H groups in total. The minimum atomic E-state index is 0.106. The van der Waals surface area contributed by atoms with Gasteiger partial charge in [-0.25, -0.2) is 9.97 Å². The fraction of sp³-hybridized carbons (Fsp3) is 0.684. The van der Waals surface area contributed by atoms with E-state index in [1.165, 1.54) is 43.6 Å². The number of hydrogen-bond donors (Lipinski definition) is 0. The van der Waals surface area contributed by atoms with Crippen molar-refractivity contribution < 1.29 is 4.74 Å². The molecule has 1 aromatic rings. The molecule has 4 nitrogen and oxygen atoms in total. The molecule has 1 spiro atoms. The summed E-state index contributed by atoms with van der Waals surface area (Å²) in [7, 11) is 0. The van der Waals surface area contributed by atoms with E-state index in [0.717, 1.165) is 36.7 Å². The molecule has 1 aromatic heterocycles. The predicted octanol–water partition coefficient (Wildman–Crippen LogP) is 2.47. The Morgan fingerprint density at radius 1 is 1.35 bits per heavy atom. The van der Waals surface area contributed by atoms with E-state index in [9.17, 15) is 0 Å². The van der Waals surface area contributed by atoms with Gasteiger partial charge in [-0.2, -0.15) is 0 Å². The molecule has 4 atom stereocenters. The quantitative estimate of drug-likeness (QED) is 0.787. The molecule has 0 amide bonds. The van der Waals surface area contributed by atoms with Gasteiger partial charge >= 0.3 is 0 Å². The van der Waals surface area contributed by atoms with Gasteiger partial charge in [0.2, 0.25) is 0 Å². The number of fused-ring (bicyclic) bond motifs is 4. The molecule has 23 heavy (non-hydrogen) atoms. The van der Waals surface area contributed by atoms with Crippen molar-refractivity contribution in [2.45, 2.75) is 38.2 Å². The van der Waals surface area contributed by atoms with Crippen LogP contribution in [0, 0.1) is 24.7 Å². The Labute approximate surface area is 138 Å². The van der Waals surface area contributed by atoms with Gasteiger partial charge in [0.25, 0.3) is 0 Å². The van der Waals surface area contributed by atoms with Gasteiger partial charge in [0, 0.05) is 24.8 Å². The molecule has 1 saturated heterocycles. The van der Waals surface area contributed by atoms with Crippen LogP contribution in [0.5, 0.6) is 0 Å². The lowest BCUT2D eigenvalue weighted by molar-refractivity contribution is 0.0495. The lowest BCUT2D eigenvalue weighted by Crippen LogP contribution is -2.41. The summed E-state index contributed by atoms with van der Waals surface area (Å²) in [5.74, 6) is 3.48. The van der Waals surface area contributed by atoms with Crippen LogP contribution in [-0.4, -0.2) is 41.1 Å². The maximum absolute atomic E-state index is 5.92. The Bertz CT molecular complexity index is 658. The summed E-state index contributed by atoms with van der Waals surface area (Å²) in [6, 6.07) is 0. The highest BCUT2D eigenvalue weighted by Gasteiger charge is 2.46. The van der Waals surface area contributed by atoms with Crippen LogP contribution in [0.1, 0.15) is 36.3 Å². The molecule has 0 aromatic carbocycles. The van der Waals surface area contributed by atoms with Crippen LogP contribution in [0.25, 0.3) is 0 Å². The average Bonchev–Trinajstić information content (AvgIpc) is 3.25. The van der Waals surface area contributed by atoms with Gasteiger partial charge in [-0.1, -0.05) is 12.2 Å². The molecule has 0 radical (unpaired) electrons. The van der Waals surface area contributed by atoms with E-state index in [-0.39, 0.29) is 5.41 Å². The minimum Gasteiger partial charge on any atom is -0.376 e. The van der Waals surface area contributed by atoms with E-state index in [1.54, 1.807) is 0 Å². The molecule has 2 bridgehead atoms. The number of hydrogen-bond acceptors (Lipinski definition) is 4. The van der Waals surface area contributed by atoms with Crippen LogP contribution in [0.3, 0.4) is 0 Å². The highest BCUT2D eigenvalue weighted by molar-refractivity contribution is 5.30. The summed E-state index contributed by atoms with van der Waals surface area (Å²) in [4.78, 5) is 11.9. The summed E-state index contributed by atoms with van der Waals surface area (Å²) in [5, 5.41) is 0. The number of aromatic nitrogens is 2. The molecule has 4 heteroatoms. The lowest BCUT2D eigenvalue weighted by Gasteiger charge is -2.35. The van der Waals surface area contributed by atoms with E-state index in [0.29, 0.717) is 6.61 Å². The Hall–Kier alpha value is -1.26. The highest BCUT2D eigenvalue weighted by Crippen LogP contribution is 2.45. The number of rotatable bonds is 2. The van der Waals surface area contributed by atoms with Gasteiger partial charge in [-0.3, -0.25) is 0 Å². The van der Waals surface area contributed by atoms with Crippen LogP contribution in [0.15, 0.2) is 18.3 Å². The monoisotopic (exact) mass is 311 g/mol. The number of aryl methyl sites for hydroxylation is 1. The zero-order valence-electron chi connectivity index (χ0n) is 13.9. The second-order valence-corrected chi connectivity index (χ2v) is 8.09. The first-order chi connectivity index (χ1) is 11.2. The largest absolute Gasteiger partial charge is 0.376 e. The van der Waals surface area contributed by atoms with E-state index in [1.807, 2.05) is 13.1 Å². The van der Waals surface area contributed by atoms with Gasteiger partial charge in [0.05, 0.1) is 24.3 Å². The Kier molecular flexibility index (Phi) is 3.14. The SMILES string of the molecule is Cc1ncc2c(n1)[C@]1(CCN(C[C@H]3C[C@@H]4C=C[C@H]3C4)C1)COC2. The molecule has 122 valence electrons. The Morgan fingerprint density at radius 2 is 2.30 bits per heavy atom. The fourth-order valence-electron chi connectivity index (χ4n) is 5.35. The normalized spacial score (nSPS) is 38.6. The molecule has 2 fully saturated rings. The summed E-state index contributed by atoms with van der Waals surface area (Å²) >= 11 is 0. The highest BCUT2D eigenvalue weighted by atomic mass is 16.5. The van der Waals surface area contributed by atoms with Gasteiger partial charge in [-0.15, -0.1) is 0 Å². The van der Waals surface area contributed by atoms with Gasteiger partial charge < -0.3 is 9.64 Å². The number of ether oxygens (including phenoxy) is 1. The van der Waals surface area contributed by atoms with Crippen molar-refractivity contribution in [1.29, 1.82) is 0 Å². The van der Waals surface area contributed by atoms with Gasteiger partial charge in [-0.05, 0) is 50.5 Å². The third kappa shape index (κ3) is 2.26. The van der Waals surface area contributed by atoms with E-state index >= 15 is 0 Å². The maximum Gasteiger partial charge on any atom is 0.125 e. The maximum atomic E-state index is 5.92. The molecule has 3 heterocycles. The van der Waals surface area contributed by atoms with E-state index in [2.05, 4.69) is 22.0 Å². The molecule has 4 aliphatic rings. The van der Waals surface area contributed by atoms with Gasteiger partial charge in [0.1, 0.15) is 5.82 Å². The van der Waals surface area contributed by atoms with Crippen molar-refractivity contribution in [3.8, 4) is 0 Å². The molecule has 2 aliphatic heterocycles. The predicted molar refractivity (Wildman–Crippen MR) is 88.0 cm³/mol. The molecular weight excluding hydrogens is 286 g/mol. The van der Waals surface area contributed by atoms with Crippen molar-refractivity contribution in [3.63, 3.8) is 0 Å². The van der Waals surface area contributed by atoms with E-state index < -0.39 is 0 Å². The van der Waals surface area contributed by atoms with Crippen molar-refractivity contribution in [2.24, 2.45) is 17.8 Å². The number of allylic oxidation sites excluding steroid dienone is 2. The number of likely N-dealkylation sites (tertiary alicyclic amines) is 1. The molecule has 5 rings (SSSR count). The Morgan fingerprint density at radius 3 is 3.13 bits per heavy atom. The lowest BCUT2D eigenvalue weighted by atomic mass is 9.80. The second kappa shape index (κ2) is 5.12. The van der Waals surface area contributed by atoms with Crippen LogP contribution in [0.2, 0.25) is 0 Å². The van der Waals surface area contributed by atoms with Crippen LogP contribution in [-0.2, 0) is 16.8 Å². The van der Waals surface area contributed by atoms with Crippen molar-refractivity contribution >= 4 is 0 Å². The molecule has 2 aliphatic carbocycles. The summed E-state index contributed by atoms with van der Waals surface area (Å²) in [5.41, 5.74) is 2.58. The zero-order chi connectivity index (χ0) is 15.4. The topological polar surface area (TPSA) is 38.2 Å². The summed E-state index contributed by atoms with van der Waals surface area (Å²) in [6.07, 6.45) is 10.9. The molecule has 1 saturated carbocycles. The second-order valence-electron chi connectivity index (χ2n) is 8.09. The van der Waals surface area contributed by atoms with Crippen LogP contribution >= 0.6 is 0 Å². The van der Waals surface area contributed by atoms with Crippen LogP contribution < -0.4 is 0 Å². The average molecular weight is 311 g/mol. The first-order valence-electron chi connectivity index (χ1n) is 9.03. The van der Waals surface area contributed by atoms with Gasteiger partial charge in [0.15, 0.2) is 0 Å². The first-order valence-corrected chi connectivity index (χ1v) is 9.03. The summed E-state index contributed by atoms with van der Waals surface area (Å²) < 4.78 is 5.92. The smallest absolute Gasteiger partial charge is 0.125 e. The standard InChI is InChI=1S/C19H25N3O/c1-13-20-8-17-10-23-12-19(18(17)21-13)4-5-22(11-19)9-16-7-14-2-3-15(16)6-14/h2-3,8,14-16H,4-7,9-12H2,1H3/t14-,15+,16-,19+/m1/s1. The van der Waals surface area contributed by atoms with Crippen molar-refractivity contribution in [3.05, 3.63) is 35.4 Å². The van der Waals surface area contributed by atoms with Crippen molar-refractivity contribution in [2.75, 3.05) is 26.2 Å². The molecular formula is C19H25N3O. The third-order valence-electron chi connectivity index (χ3n) is 6.47.